The minimum atomic E-state index is -0.0979. The summed E-state index contributed by atoms with van der Waals surface area (Å²) in [4.78, 5) is 24.5. The van der Waals surface area contributed by atoms with Gasteiger partial charge < -0.3 is 15.0 Å². The Morgan fingerprint density at radius 1 is 1.38 bits per heavy atom. The number of ether oxygens (including phenoxy) is 1. The van der Waals surface area contributed by atoms with Crippen molar-refractivity contribution in [3.8, 4) is 5.75 Å². The fourth-order valence-electron chi connectivity index (χ4n) is 2.58. The van der Waals surface area contributed by atoms with Crippen LogP contribution in [0.2, 0.25) is 0 Å². The molecule has 0 saturated heterocycles. The molecule has 0 aliphatic carbocycles. The van der Waals surface area contributed by atoms with E-state index in [2.05, 4.69) is 34.1 Å². The summed E-state index contributed by atoms with van der Waals surface area (Å²) in [5, 5.41) is 4.23. The lowest BCUT2D eigenvalue weighted by atomic mass is 10.1. The molecule has 2 N–H and O–H groups in total. The standard InChI is InChI=1S/C18H22N4O2S2/c1-5-24-12-6-7-13-14(8-12)26-18(20-13)21-15(23)9-25-17-19-11(4)16(22-17)10(2)3/h6-8,10H,5,9H2,1-4H3,(H,19,22)(H,20,21,23). The van der Waals surface area contributed by atoms with Crippen molar-refractivity contribution in [2.45, 2.75) is 38.8 Å². The summed E-state index contributed by atoms with van der Waals surface area (Å²) in [5.74, 6) is 1.36. The molecule has 26 heavy (non-hydrogen) atoms. The number of benzene rings is 1. The first-order valence-corrected chi connectivity index (χ1v) is 10.3. The smallest absolute Gasteiger partial charge is 0.236 e. The minimum Gasteiger partial charge on any atom is -0.494 e. The quantitative estimate of drug-likeness (QED) is 0.577. The Kier molecular flexibility index (Phi) is 5.83. The summed E-state index contributed by atoms with van der Waals surface area (Å²) in [6, 6.07) is 5.73. The molecule has 0 spiro atoms. The number of hydrogen-bond acceptors (Lipinski definition) is 6. The van der Waals surface area contributed by atoms with Gasteiger partial charge in [-0.25, -0.2) is 9.97 Å². The number of imidazole rings is 1. The molecular formula is C18H22N4O2S2. The summed E-state index contributed by atoms with van der Waals surface area (Å²) in [7, 11) is 0. The van der Waals surface area contributed by atoms with Crippen molar-refractivity contribution in [2.24, 2.45) is 0 Å². The van der Waals surface area contributed by atoms with E-state index >= 15 is 0 Å². The van der Waals surface area contributed by atoms with Gasteiger partial charge in [-0.1, -0.05) is 36.9 Å². The van der Waals surface area contributed by atoms with Gasteiger partial charge in [0.25, 0.3) is 0 Å². The monoisotopic (exact) mass is 390 g/mol. The molecule has 2 heterocycles. The van der Waals surface area contributed by atoms with Crippen LogP contribution in [0.15, 0.2) is 23.4 Å². The summed E-state index contributed by atoms with van der Waals surface area (Å²) < 4.78 is 6.49. The highest BCUT2D eigenvalue weighted by Crippen LogP contribution is 2.29. The van der Waals surface area contributed by atoms with Crippen LogP contribution in [0, 0.1) is 6.92 Å². The first-order chi connectivity index (χ1) is 12.5. The van der Waals surface area contributed by atoms with Gasteiger partial charge in [-0.2, -0.15) is 0 Å². The van der Waals surface area contributed by atoms with Crippen LogP contribution in [0.1, 0.15) is 38.1 Å². The van der Waals surface area contributed by atoms with E-state index in [0.29, 0.717) is 17.7 Å². The third-order valence-electron chi connectivity index (χ3n) is 3.70. The molecular weight excluding hydrogens is 368 g/mol. The molecule has 1 amide bonds. The highest BCUT2D eigenvalue weighted by atomic mass is 32.2. The third kappa shape index (κ3) is 4.37. The molecule has 0 atom stereocenters. The van der Waals surface area contributed by atoms with Crippen molar-refractivity contribution in [3.05, 3.63) is 29.6 Å². The number of aromatic amines is 1. The van der Waals surface area contributed by atoms with E-state index in [1.165, 1.54) is 23.1 Å². The van der Waals surface area contributed by atoms with Gasteiger partial charge in [0.15, 0.2) is 10.3 Å². The highest BCUT2D eigenvalue weighted by Gasteiger charge is 2.13. The van der Waals surface area contributed by atoms with Crippen molar-refractivity contribution in [1.29, 1.82) is 0 Å². The number of H-pyrrole nitrogens is 1. The second-order valence-electron chi connectivity index (χ2n) is 6.13. The lowest BCUT2D eigenvalue weighted by Crippen LogP contribution is -2.13. The number of aryl methyl sites for hydroxylation is 1. The molecule has 0 bridgehead atoms. The van der Waals surface area contributed by atoms with E-state index in [1.54, 1.807) is 0 Å². The molecule has 138 valence electrons. The van der Waals surface area contributed by atoms with Gasteiger partial charge in [0.1, 0.15) is 5.75 Å². The maximum absolute atomic E-state index is 12.2. The largest absolute Gasteiger partial charge is 0.494 e. The van der Waals surface area contributed by atoms with Gasteiger partial charge in [0.2, 0.25) is 5.91 Å². The number of anilines is 1. The number of aromatic nitrogens is 3. The summed E-state index contributed by atoms with van der Waals surface area (Å²) in [6.45, 7) is 8.79. The van der Waals surface area contributed by atoms with Crippen LogP contribution in [0.4, 0.5) is 5.13 Å². The summed E-state index contributed by atoms with van der Waals surface area (Å²) in [6.07, 6.45) is 0. The molecule has 0 aliphatic rings. The number of hydrogen-bond donors (Lipinski definition) is 2. The minimum absolute atomic E-state index is 0.0979. The van der Waals surface area contributed by atoms with Crippen molar-refractivity contribution in [3.63, 3.8) is 0 Å². The normalized spacial score (nSPS) is 11.3. The van der Waals surface area contributed by atoms with Gasteiger partial charge in [-0.15, -0.1) is 0 Å². The number of nitrogens with zero attached hydrogens (tertiary/aromatic N) is 2. The fraction of sp³-hybridized carbons (Fsp3) is 0.389. The molecule has 1 aromatic carbocycles. The van der Waals surface area contributed by atoms with Gasteiger partial charge in [0.05, 0.1) is 28.3 Å². The Morgan fingerprint density at radius 3 is 2.88 bits per heavy atom. The maximum atomic E-state index is 12.2. The van der Waals surface area contributed by atoms with Gasteiger partial charge in [-0.05, 0) is 38.0 Å². The zero-order chi connectivity index (χ0) is 18.7. The molecule has 3 aromatic rings. The summed E-state index contributed by atoms with van der Waals surface area (Å²) in [5.41, 5.74) is 2.95. The predicted molar refractivity (Wildman–Crippen MR) is 108 cm³/mol. The molecule has 8 heteroatoms. The van der Waals surface area contributed by atoms with Crippen LogP contribution in [0.25, 0.3) is 10.2 Å². The van der Waals surface area contributed by atoms with Gasteiger partial charge >= 0.3 is 0 Å². The Balaban J connectivity index is 1.61. The molecule has 3 rings (SSSR count). The summed E-state index contributed by atoms with van der Waals surface area (Å²) >= 11 is 2.84. The van der Waals surface area contributed by atoms with E-state index in [9.17, 15) is 4.79 Å². The number of nitrogens with one attached hydrogen (secondary N) is 2. The molecule has 0 aliphatic heterocycles. The van der Waals surface area contributed by atoms with Crippen LogP contribution in [0.5, 0.6) is 5.75 Å². The zero-order valence-electron chi connectivity index (χ0n) is 15.3. The topological polar surface area (TPSA) is 79.9 Å². The number of amides is 1. The Morgan fingerprint density at radius 2 is 2.19 bits per heavy atom. The second-order valence-corrected chi connectivity index (χ2v) is 8.12. The number of rotatable bonds is 7. The molecule has 6 nitrogen and oxygen atoms in total. The molecule has 0 fully saturated rings. The Bertz CT molecular complexity index is 917. The van der Waals surface area contributed by atoms with Gasteiger partial charge in [0, 0.05) is 5.69 Å². The first-order valence-electron chi connectivity index (χ1n) is 8.48. The van der Waals surface area contributed by atoms with E-state index in [1.807, 2.05) is 32.0 Å². The van der Waals surface area contributed by atoms with Crippen molar-refractivity contribution < 1.29 is 9.53 Å². The van der Waals surface area contributed by atoms with Crippen molar-refractivity contribution in [2.75, 3.05) is 17.7 Å². The van der Waals surface area contributed by atoms with E-state index < -0.39 is 0 Å². The fourth-order valence-corrected chi connectivity index (χ4v) is 4.22. The van der Waals surface area contributed by atoms with Crippen LogP contribution >= 0.6 is 23.1 Å². The maximum Gasteiger partial charge on any atom is 0.236 e. The zero-order valence-corrected chi connectivity index (χ0v) is 16.9. The second kappa shape index (κ2) is 8.09. The number of carbonyl (C=O) groups is 1. The molecule has 0 radical (unpaired) electrons. The molecule has 0 unspecified atom stereocenters. The van der Waals surface area contributed by atoms with Crippen LogP contribution in [0.3, 0.4) is 0 Å². The average molecular weight is 391 g/mol. The Hall–Kier alpha value is -2.06. The van der Waals surface area contributed by atoms with Crippen molar-refractivity contribution >= 4 is 44.4 Å². The number of fused-ring (bicyclic) bond motifs is 1. The van der Waals surface area contributed by atoms with Crippen LogP contribution in [-0.2, 0) is 4.79 Å². The van der Waals surface area contributed by atoms with Crippen molar-refractivity contribution in [1.82, 2.24) is 15.0 Å². The van der Waals surface area contributed by atoms with Crippen LogP contribution in [-0.4, -0.2) is 33.2 Å². The first kappa shape index (κ1) is 18.7. The number of thioether (sulfide) groups is 1. The molecule has 0 saturated carbocycles. The lowest BCUT2D eigenvalue weighted by molar-refractivity contribution is -0.113. The number of carbonyl (C=O) groups excluding carboxylic acids is 1. The van der Waals surface area contributed by atoms with Gasteiger partial charge in [-0.3, -0.25) is 4.79 Å². The Labute approximate surface area is 160 Å². The predicted octanol–water partition coefficient (Wildman–Crippen LogP) is 4.58. The third-order valence-corrected chi connectivity index (χ3v) is 5.51. The lowest BCUT2D eigenvalue weighted by Gasteiger charge is -2.00. The van der Waals surface area contributed by atoms with Crippen LogP contribution < -0.4 is 10.1 Å². The van der Waals surface area contributed by atoms with E-state index in [4.69, 9.17) is 4.74 Å². The molecule has 2 aromatic heterocycles. The SMILES string of the molecule is CCOc1ccc2nc(NC(=O)CSc3nc(C(C)C)c(C)[nH]3)sc2c1. The number of thiazole rings is 1. The average Bonchev–Trinajstić information content (AvgIpc) is 3.15. The van der Waals surface area contributed by atoms with E-state index in [-0.39, 0.29) is 11.7 Å². The highest BCUT2D eigenvalue weighted by molar-refractivity contribution is 7.99. The van der Waals surface area contributed by atoms with E-state index in [0.717, 1.165) is 32.5 Å².